The topological polar surface area (TPSA) is 55.4 Å². The first-order chi connectivity index (χ1) is 11.9. The molecule has 0 saturated heterocycles. The Kier molecular flexibility index (Phi) is 6.65. The molecular formula is C20H23NO3S. The van der Waals surface area contributed by atoms with Gasteiger partial charge in [0, 0.05) is 10.6 Å². The first-order valence-corrected chi connectivity index (χ1v) is 9.10. The molecule has 0 aromatic heterocycles. The first kappa shape index (κ1) is 19.1. The Morgan fingerprint density at radius 1 is 1.12 bits per heavy atom. The molecule has 1 amide bonds. The van der Waals surface area contributed by atoms with Gasteiger partial charge in [-0.25, -0.2) is 4.79 Å². The Morgan fingerprint density at radius 3 is 2.40 bits per heavy atom. The number of hydrogen-bond donors (Lipinski definition) is 1. The van der Waals surface area contributed by atoms with Crippen molar-refractivity contribution in [2.24, 2.45) is 0 Å². The molecule has 0 saturated carbocycles. The number of anilines is 1. The second-order valence-corrected chi connectivity index (χ2v) is 7.23. The van der Waals surface area contributed by atoms with Crippen molar-refractivity contribution in [1.82, 2.24) is 0 Å². The SMILES string of the molecule is CCOC(=O)c1ccc(NC(=O)[C@@H](C)Sc2ccc(C)cc2)c(C)c1. The van der Waals surface area contributed by atoms with E-state index >= 15 is 0 Å². The molecule has 2 aromatic rings. The van der Waals surface area contributed by atoms with Crippen molar-refractivity contribution in [3.63, 3.8) is 0 Å². The van der Waals surface area contributed by atoms with Crippen LogP contribution in [-0.4, -0.2) is 23.7 Å². The summed E-state index contributed by atoms with van der Waals surface area (Å²) in [4.78, 5) is 25.2. The largest absolute Gasteiger partial charge is 0.462 e. The van der Waals surface area contributed by atoms with Crippen LogP contribution in [0.1, 0.15) is 35.3 Å². The molecule has 5 heteroatoms. The van der Waals surface area contributed by atoms with E-state index in [1.54, 1.807) is 25.1 Å². The van der Waals surface area contributed by atoms with Crippen LogP contribution in [0, 0.1) is 13.8 Å². The van der Waals surface area contributed by atoms with Gasteiger partial charge in [-0.2, -0.15) is 0 Å². The smallest absolute Gasteiger partial charge is 0.338 e. The minimum absolute atomic E-state index is 0.0717. The Labute approximate surface area is 153 Å². The number of nitrogens with one attached hydrogen (secondary N) is 1. The molecule has 4 nitrogen and oxygen atoms in total. The summed E-state index contributed by atoms with van der Waals surface area (Å²) in [6.07, 6.45) is 0. The van der Waals surface area contributed by atoms with Crippen LogP contribution in [-0.2, 0) is 9.53 Å². The van der Waals surface area contributed by atoms with E-state index in [4.69, 9.17) is 4.74 Å². The summed E-state index contributed by atoms with van der Waals surface area (Å²) < 4.78 is 4.99. The van der Waals surface area contributed by atoms with Crippen LogP contribution < -0.4 is 5.32 Å². The second kappa shape index (κ2) is 8.72. The predicted octanol–water partition coefficient (Wildman–Crippen LogP) is 4.60. The standard InChI is InChI=1S/C20H23NO3S/c1-5-24-20(23)16-8-11-18(14(3)12-16)21-19(22)15(4)25-17-9-6-13(2)7-10-17/h6-12,15H,5H2,1-4H3,(H,21,22)/t15-/m1/s1. The van der Waals surface area contributed by atoms with Crippen LogP contribution >= 0.6 is 11.8 Å². The Balaban J connectivity index is 2.01. The summed E-state index contributed by atoms with van der Waals surface area (Å²) in [5, 5.41) is 2.70. The van der Waals surface area contributed by atoms with E-state index in [1.165, 1.54) is 17.3 Å². The van der Waals surface area contributed by atoms with Gasteiger partial charge >= 0.3 is 5.97 Å². The number of thioether (sulfide) groups is 1. The highest BCUT2D eigenvalue weighted by Crippen LogP contribution is 2.25. The summed E-state index contributed by atoms with van der Waals surface area (Å²) in [6, 6.07) is 13.2. The molecule has 25 heavy (non-hydrogen) atoms. The van der Waals surface area contributed by atoms with Crippen LogP contribution in [0.2, 0.25) is 0 Å². The molecule has 132 valence electrons. The lowest BCUT2D eigenvalue weighted by Crippen LogP contribution is -2.23. The van der Waals surface area contributed by atoms with Gasteiger partial charge in [-0.15, -0.1) is 11.8 Å². The fourth-order valence-electron chi connectivity index (χ4n) is 2.25. The average molecular weight is 357 g/mol. The quantitative estimate of drug-likeness (QED) is 0.606. The summed E-state index contributed by atoms with van der Waals surface area (Å²) in [5.74, 6) is -0.427. The number of ether oxygens (including phenoxy) is 1. The van der Waals surface area contributed by atoms with Crippen LogP contribution in [0.3, 0.4) is 0 Å². The molecular weight excluding hydrogens is 334 g/mol. The van der Waals surface area contributed by atoms with E-state index in [-0.39, 0.29) is 17.1 Å². The molecule has 2 rings (SSSR count). The molecule has 1 N–H and O–H groups in total. The molecule has 0 aliphatic rings. The Hall–Kier alpha value is -2.27. The highest BCUT2D eigenvalue weighted by molar-refractivity contribution is 8.00. The lowest BCUT2D eigenvalue weighted by molar-refractivity contribution is -0.115. The zero-order valence-corrected chi connectivity index (χ0v) is 15.8. The molecule has 0 unspecified atom stereocenters. The van der Waals surface area contributed by atoms with E-state index in [2.05, 4.69) is 5.32 Å². The number of carbonyl (C=O) groups is 2. The minimum atomic E-state index is -0.355. The fraction of sp³-hybridized carbons (Fsp3) is 0.300. The molecule has 2 aromatic carbocycles. The van der Waals surface area contributed by atoms with Crippen molar-refractivity contribution in [3.8, 4) is 0 Å². The number of benzene rings is 2. The van der Waals surface area contributed by atoms with E-state index in [0.29, 0.717) is 17.9 Å². The third-order valence-electron chi connectivity index (χ3n) is 3.70. The first-order valence-electron chi connectivity index (χ1n) is 8.22. The van der Waals surface area contributed by atoms with Crippen LogP contribution in [0.15, 0.2) is 47.4 Å². The zero-order valence-electron chi connectivity index (χ0n) is 15.0. The Bertz CT molecular complexity index is 756. The van der Waals surface area contributed by atoms with Crippen molar-refractivity contribution in [3.05, 3.63) is 59.2 Å². The molecule has 0 aliphatic carbocycles. The lowest BCUT2D eigenvalue weighted by Gasteiger charge is -2.14. The van der Waals surface area contributed by atoms with E-state index in [9.17, 15) is 9.59 Å². The molecule has 0 spiro atoms. The van der Waals surface area contributed by atoms with E-state index < -0.39 is 0 Å². The number of aryl methyl sites for hydroxylation is 2. The molecule has 0 aliphatic heterocycles. The molecule has 1 atom stereocenters. The average Bonchev–Trinajstić information content (AvgIpc) is 2.58. The third kappa shape index (κ3) is 5.36. The van der Waals surface area contributed by atoms with Gasteiger partial charge in [-0.3, -0.25) is 4.79 Å². The summed E-state index contributed by atoms with van der Waals surface area (Å²) in [6.45, 7) is 7.88. The van der Waals surface area contributed by atoms with Crippen molar-refractivity contribution in [1.29, 1.82) is 0 Å². The van der Waals surface area contributed by atoms with Crippen LogP contribution in [0.4, 0.5) is 5.69 Å². The normalized spacial score (nSPS) is 11.7. The van der Waals surface area contributed by atoms with Crippen LogP contribution in [0.5, 0.6) is 0 Å². The monoisotopic (exact) mass is 357 g/mol. The number of amides is 1. The maximum absolute atomic E-state index is 12.4. The fourth-order valence-corrected chi connectivity index (χ4v) is 3.12. The van der Waals surface area contributed by atoms with Gasteiger partial charge in [0.1, 0.15) is 0 Å². The third-order valence-corrected chi connectivity index (χ3v) is 4.81. The number of esters is 1. The summed E-state index contributed by atoms with van der Waals surface area (Å²) in [5.41, 5.74) is 3.21. The number of carbonyl (C=O) groups excluding carboxylic acids is 2. The predicted molar refractivity (Wildman–Crippen MR) is 102 cm³/mol. The maximum Gasteiger partial charge on any atom is 0.338 e. The van der Waals surface area contributed by atoms with Gasteiger partial charge in [-0.1, -0.05) is 17.7 Å². The van der Waals surface area contributed by atoms with Crippen molar-refractivity contribution in [2.75, 3.05) is 11.9 Å². The minimum Gasteiger partial charge on any atom is -0.462 e. The van der Waals surface area contributed by atoms with Gasteiger partial charge < -0.3 is 10.1 Å². The van der Waals surface area contributed by atoms with Crippen molar-refractivity contribution >= 4 is 29.3 Å². The van der Waals surface area contributed by atoms with E-state index in [1.807, 2.05) is 45.0 Å². The van der Waals surface area contributed by atoms with Gasteiger partial charge in [-0.05, 0) is 63.6 Å². The highest BCUT2D eigenvalue weighted by Gasteiger charge is 2.16. The number of hydrogen-bond acceptors (Lipinski definition) is 4. The van der Waals surface area contributed by atoms with Gasteiger partial charge in [0.2, 0.25) is 5.91 Å². The van der Waals surface area contributed by atoms with Gasteiger partial charge in [0.05, 0.1) is 17.4 Å². The van der Waals surface area contributed by atoms with Crippen LogP contribution in [0.25, 0.3) is 0 Å². The molecule has 0 heterocycles. The number of rotatable bonds is 6. The maximum atomic E-state index is 12.4. The van der Waals surface area contributed by atoms with Crippen molar-refractivity contribution < 1.29 is 14.3 Å². The Morgan fingerprint density at radius 2 is 1.80 bits per heavy atom. The molecule has 0 bridgehead atoms. The van der Waals surface area contributed by atoms with Gasteiger partial charge in [0.15, 0.2) is 0 Å². The second-order valence-electron chi connectivity index (χ2n) is 5.81. The zero-order chi connectivity index (χ0) is 18.4. The molecule has 0 radical (unpaired) electrons. The summed E-state index contributed by atoms with van der Waals surface area (Å²) in [7, 11) is 0. The highest BCUT2D eigenvalue weighted by atomic mass is 32.2. The lowest BCUT2D eigenvalue weighted by atomic mass is 10.1. The van der Waals surface area contributed by atoms with E-state index in [0.717, 1.165) is 10.5 Å². The van der Waals surface area contributed by atoms with Gasteiger partial charge in [0.25, 0.3) is 0 Å². The molecule has 0 fully saturated rings. The van der Waals surface area contributed by atoms with Crippen molar-refractivity contribution in [2.45, 2.75) is 37.8 Å². The summed E-state index contributed by atoms with van der Waals surface area (Å²) >= 11 is 1.51.